The molecule has 144 valence electrons. The minimum atomic E-state index is -3.40. The van der Waals surface area contributed by atoms with E-state index < -0.39 is 10.0 Å². The lowest BCUT2D eigenvalue weighted by atomic mass is 9.97. The summed E-state index contributed by atoms with van der Waals surface area (Å²) in [6, 6.07) is 10.5. The van der Waals surface area contributed by atoms with Gasteiger partial charge in [-0.05, 0) is 48.2 Å². The van der Waals surface area contributed by atoms with Crippen molar-refractivity contribution in [3.63, 3.8) is 0 Å². The number of pyridine rings is 1. The highest BCUT2D eigenvalue weighted by Crippen LogP contribution is 2.22. The molecule has 0 aliphatic carbocycles. The van der Waals surface area contributed by atoms with E-state index in [4.69, 9.17) is 11.6 Å². The molecule has 0 spiro atoms. The van der Waals surface area contributed by atoms with Gasteiger partial charge in [-0.1, -0.05) is 23.7 Å². The second kappa shape index (κ2) is 8.82. The third-order valence-corrected chi connectivity index (χ3v) is 6.80. The fourth-order valence-electron chi connectivity index (χ4n) is 3.11. The van der Waals surface area contributed by atoms with Crippen molar-refractivity contribution in [2.75, 3.05) is 13.1 Å². The van der Waals surface area contributed by atoms with Crippen LogP contribution in [0.2, 0.25) is 5.02 Å². The Labute approximate surface area is 164 Å². The Hall–Kier alpha value is -1.96. The molecule has 1 aromatic carbocycles. The maximum atomic E-state index is 12.6. The number of amides is 1. The molecule has 0 bridgehead atoms. The summed E-state index contributed by atoms with van der Waals surface area (Å²) >= 11 is 5.84. The highest BCUT2D eigenvalue weighted by atomic mass is 35.5. The van der Waals surface area contributed by atoms with E-state index in [-0.39, 0.29) is 17.6 Å². The minimum absolute atomic E-state index is 0.0263. The summed E-state index contributed by atoms with van der Waals surface area (Å²) in [5, 5.41) is 3.50. The summed E-state index contributed by atoms with van der Waals surface area (Å²) in [6.45, 7) is 1.18. The molecule has 2 heterocycles. The van der Waals surface area contributed by atoms with Crippen molar-refractivity contribution in [1.82, 2.24) is 14.6 Å². The second-order valence-corrected chi connectivity index (χ2v) is 9.03. The van der Waals surface area contributed by atoms with E-state index in [1.54, 1.807) is 36.7 Å². The van der Waals surface area contributed by atoms with Crippen molar-refractivity contribution in [3.05, 3.63) is 64.9 Å². The van der Waals surface area contributed by atoms with Crippen LogP contribution in [0.1, 0.15) is 24.0 Å². The number of carbonyl (C=O) groups excluding carboxylic acids is 1. The molecule has 27 heavy (non-hydrogen) atoms. The van der Waals surface area contributed by atoms with Gasteiger partial charge in [-0.15, -0.1) is 0 Å². The van der Waals surface area contributed by atoms with Crippen molar-refractivity contribution in [2.24, 2.45) is 5.92 Å². The Kier molecular flexibility index (Phi) is 6.46. The zero-order chi connectivity index (χ0) is 19.3. The molecule has 1 saturated heterocycles. The molecule has 8 heteroatoms. The second-order valence-electron chi connectivity index (χ2n) is 6.63. The minimum Gasteiger partial charge on any atom is -0.352 e. The predicted molar refractivity (Wildman–Crippen MR) is 104 cm³/mol. The zero-order valence-corrected chi connectivity index (χ0v) is 16.4. The van der Waals surface area contributed by atoms with Crippen molar-refractivity contribution < 1.29 is 13.2 Å². The average Bonchev–Trinajstić information content (AvgIpc) is 2.69. The highest BCUT2D eigenvalue weighted by molar-refractivity contribution is 7.88. The van der Waals surface area contributed by atoms with Gasteiger partial charge in [0.1, 0.15) is 0 Å². The van der Waals surface area contributed by atoms with Crippen LogP contribution in [0.15, 0.2) is 48.8 Å². The molecule has 6 nitrogen and oxygen atoms in total. The number of piperidine rings is 1. The van der Waals surface area contributed by atoms with Gasteiger partial charge in [0.25, 0.3) is 0 Å². The van der Waals surface area contributed by atoms with E-state index >= 15 is 0 Å². The molecule has 1 aromatic heterocycles. The van der Waals surface area contributed by atoms with Crippen molar-refractivity contribution in [2.45, 2.75) is 25.1 Å². The molecular weight excluding hydrogens is 386 g/mol. The highest BCUT2D eigenvalue weighted by Gasteiger charge is 2.31. The van der Waals surface area contributed by atoms with Crippen LogP contribution in [0.5, 0.6) is 0 Å². The third kappa shape index (κ3) is 5.51. The first-order chi connectivity index (χ1) is 12.9. The summed E-state index contributed by atoms with van der Waals surface area (Å²) in [5.41, 5.74) is 1.69. The third-order valence-electron chi connectivity index (χ3n) is 4.70. The van der Waals surface area contributed by atoms with Gasteiger partial charge >= 0.3 is 0 Å². The number of sulfonamides is 1. The van der Waals surface area contributed by atoms with Crippen molar-refractivity contribution in [3.8, 4) is 0 Å². The Bertz CT molecular complexity index is 865. The van der Waals surface area contributed by atoms with Gasteiger partial charge < -0.3 is 5.32 Å². The number of rotatable bonds is 6. The zero-order valence-electron chi connectivity index (χ0n) is 14.8. The molecule has 0 saturated carbocycles. The van der Waals surface area contributed by atoms with E-state index in [1.165, 1.54) is 4.31 Å². The Morgan fingerprint density at radius 1 is 1.07 bits per heavy atom. The monoisotopic (exact) mass is 407 g/mol. The Balaban J connectivity index is 1.50. The number of halogens is 1. The lowest BCUT2D eigenvalue weighted by Crippen LogP contribution is -2.43. The molecule has 3 rings (SSSR count). The number of hydrogen-bond donors (Lipinski definition) is 1. The molecule has 1 N–H and O–H groups in total. The van der Waals surface area contributed by atoms with Crippen molar-refractivity contribution in [1.29, 1.82) is 0 Å². The molecule has 1 amide bonds. The smallest absolute Gasteiger partial charge is 0.223 e. The van der Waals surface area contributed by atoms with Crippen LogP contribution >= 0.6 is 11.6 Å². The fraction of sp³-hybridized carbons (Fsp3) is 0.368. The Morgan fingerprint density at radius 2 is 1.70 bits per heavy atom. The molecular formula is C19H22ClN3O3S. The van der Waals surface area contributed by atoms with Gasteiger partial charge in [-0.2, -0.15) is 0 Å². The van der Waals surface area contributed by atoms with Gasteiger partial charge in [0, 0.05) is 43.0 Å². The standard InChI is InChI=1S/C19H22ClN3O3S/c20-18-3-1-16(2-4-18)14-27(25,26)23-11-7-17(8-12-23)19(24)22-13-15-5-9-21-10-6-15/h1-6,9-10,17H,7-8,11-14H2,(H,22,24). The quantitative estimate of drug-likeness (QED) is 0.798. The van der Waals surface area contributed by atoms with Crippen LogP contribution in [0.25, 0.3) is 0 Å². The van der Waals surface area contributed by atoms with E-state index in [0.717, 1.165) is 5.56 Å². The number of carbonyl (C=O) groups is 1. The van der Waals surface area contributed by atoms with Crippen LogP contribution in [-0.2, 0) is 27.1 Å². The van der Waals surface area contributed by atoms with Crippen LogP contribution < -0.4 is 5.32 Å². The summed E-state index contributed by atoms with van der Waals surface area (Å²) in [7, 11) is -3.40. The summed E-state index contributed by atoms with van der Waals surface area (Å²) in [5.74, 6) is -0.237. The van der Waals surface area contributed by atoms with Crippen LogP contribution in [-0.4, -0.2) is 36.7 Å². The molecule has 1 fully saturated rings. The van der Waals surface area contributed by atoms with Crippen LogP contribution in [0.3, 0.4) is 0 Å². The summed E-state index contributed by atoms with van der Waals surface area (Å²) in [4.78, 5) is 16.3. The molecule has 0 atom stereocenters. The number of benzene rings is 1. The number of nitrogens with zero attached hydrogens (tertiary/aromatic N) is 2. The topological polar surface area (TPSA) is 79.4 Å². The van der Waals surface area contributed by atoms with Crippen LogP contribution in [0.4, 0.5) is 0 Å². The summed E-state index contributed by atoms with van der Waals surface area (Å²) < 4.78 is 26.7. The van der Waals surface area contributed by atoms with Gasteiger partial charge in [0.15, 0.2) is 0 Å². The maximum absolute atomic E-state index is 12.6. The molecule has 1 aliphatic rings. The SMILES string of the molecule is O=C(NCc1ccncc1)C1CCN(S(=O)(=O)Cc2ccc(Cl)cc2)CC1. The first kappa shape index (κ1) is 19.8. The summed E-state index contributed by atoms with van der Waals surface area (Å²) in [6.07, 6.45) is 4.43. The lowest BCUT2D eigenvalue weighted by molar-refractivity contribution is -0.126. The van der Waals surface area contributed by atoms with Crippen molar-refractivity contribution >= 4 is 27.5 Å². The molecule has 1 aliphatic heterocycles. The van der Waals surface area contributed by atoms with E-state index in [2.05, 4.69) is 10.3 Å². The lowest BCUT2D eigenvalue weighted by Gasteiger charge is -2.30. The van der Waals surface area contributed by atoms with E-state index in [0.29, 0.717) is 43.1 Å². The molecule has 0 unspecified atom stereocenters. The van der Waals surface area contributed by atoms with Gasteiger partial charge in [0.05, 0.1) is 5.75 Å². The van der Waals surface area contributed by atoms with E-state index in [1.807, 2.05) is 12.1 Å². The first-order valence-corrected chi connectivity index (χ1v) is 10.8. The fourth-order valence-corrected chi connectivity index (χ4v) is 4.80. The van der Waals surface area contributed by atoms with Gasteiger partial charge in [-0.3, -0.25) is 9.78 Å². The molecule has 2 aromatic rings. The predicted octanol–water partition coefficient (Wildman–Crippen LogP) is 2.59. The normalized spacial score (nSPS) is 16.2. The van der Waals surface area contributed by atoms with Gasteiger partial charge in [-0.25, -0.2) is 12.7 Å². The van der Waals surface area contributed by atoms with E-state index in [9.17, 15) is 13.2 Å². The average molecular weight is 408 g/mol. The number of nitrogens with one attached hydrogen (secondary N) is 1. The number of hydrogen-bond acceptors (Lipinski definition) is 4. The largest absolute Gasteiger partial charge is 0.352 e. The van der Waals surface area contributed by atoms with Gasteiger partial charge in [0.2, 0.25) is 15.9 Å². The maximum Gasteiger partial charge on any atom is 0.223 e. The molecule has 0 radical (unpaired) electrons. The first-order valence-electron chi connectivity index (χ1n) is 8.83. The number of aromatic nitrogens is 1. The van der Waals surface area contributed by atoms with Crippen LogP contribution in [0, 0.1) is 5.92 Å². The Morgan fingerprint density at radius 3 is 2.33 bits per heavy atom.